The van der Waals surface area contributed by atoms with Crippen LogP contribution in [-0.2, 0) is 13.6 Å². The molecule has 1 N–H and O–H groups in total. The Hall–Kier alpha value is -0.970. The summed E-state index contributed by atoms with van der Waals surface area (Å²) in [5.74, 6) is 1.14. The number of nitrogens with zero attached hydrogens (tertiary/aromatic N) is 3. The second-order valence-electron chi connectivity index (χ2n) is 4.71. The van der Waals surface area contributed by atoms with Crippen molar-refractivity contribution in [1.82, 2.24) is 15.1 Å². The van der Waals surface area contributed by atoms with Crippen molar-refractivity contribution in [3.63, 3.8) is 0 Å². The third-order valence-corrected chi connectivity index (χ3v) is 3.48. The molecule has 16 heavy (non-hydrogen) atoms. The topological polar surface area (TPSA) is 42.2 Å². The van der Waals surface area contributed by atoms with E-state index in [4.69, 9.17) is 0 Å². The molecule has 0 atom stereocenters. The monoisotopic (exact) mass is 238 g/mol. The van der Waals surface area contributed by atoms with E-state index in [1.165, 1.54) is 6.42 Å². The van der Waals surface area contributed by atoms with Gasteiger partial charge in [-0.1, -0.05) is 11.8 Å². The van der Waals surface area contributed by atoms with Crippen LogP contribution in [0.1, 0.15) is 26.0 Å². The minimum atomic E-state index is 0.175. The number of thioether (sulfide) groups is 1. The Kier molecular flexibility index (Phi) is 3.23. The van der Waals surface area contributed by atoms with Crippen molar-refractivity contribution < 1.29 is 0 Å². The first-order valence-electron chi connectivity index (χ1n) is 5.49. The van der Waals surface area contributed by atoms with Crippen molar-refractivity contribution >= 4 is 16.9 Å². The highest BCUT2D eigenvalue weighted by Gasteiger charge is 2.23. The number of amidine groups is 1. The standard InChI is InChI=1S/C11H18N4S/c1-11(2)5-7-16-10(13-11)12-8-9-4-6-15(3)14-9/h4,6H,5,7-8H2,1-3H3,(H,12,13). The molecule has 0 saturated carbocycles. The van der Waals surface area contributed by atoms with Gasteiger partial charge >= 0.3 is 0 Å². The van der Waals surface area contributed by atoms with Crippen LogP contribution < -0.4 is 5.32 Å². The van der Waals surface area contributed by atoms with E-state index in [1.54, 1.807) is 16.4 Å². The van der Waals surface area contributed by atoms with Crippen LogP contribution in [0.2, 0.25) is 0 Å². The smallest absolute Gasteiger partial charge is 0.157 e. The summed E-state index contributed by atoms with van der Waals surface area (Å²) < 4.78 is 1.81. The first-order chi connectivity index (χ1) is 7.55. The Bertz CT molecular complexity index is 394. The molecule has 2 heterocycles. The number of aromatic nitrogens is 2. The fraction of sp³-hybridized carbons (Fsp3) is 0.636. The van der Waals surface area contributed by atoms with Crippen LogP contribution in [0, 0.1) is 0 Å². The van der Waals surface area contributed by atoms with Crippen molar-refractivity contribution in [2.75, 3.05) is 5.75 Å². The van der Waals surface area contributed by atoms with E-state index in [9.17, 15) is 0 Å². The lowest BCUT2D eigenvalue weighted by molar-refractivity contribution is 0.446. The van der Waals surface area contributed by atoms with Crippen molar-refractivity contribution in [2.45, 2.75) is 32.4 Å². The lowest BCUT2D eigenvalue weighted by atomic mass is 10.0. The molecule has 1 saturated heterocycles. The number of hydrogen-bond acceptors (Lipinski definition) is 3. The highest BCUT2D eigenvalue weighted by Crippen LogP contribution is 2.21. The average Bonchev–Trinajstić information content (AvgIpc) is 2.60. The van der Waals surface area contributed by atoms with Gasteiger partial charge in [-0.25, -0.2) is 0 Å². The summed E-state index contributed by atoms with van der Waals surface area (Å²) >= 11 is 1.80. The molecule has 1 fully saturated rings. The third kappa shape index (κ3) is 3.01. The molecular formula is C11H18N4S. The van der Waals surface area contributed by atoms with E-state index in [0.29, 0.717) is 6.54 Å². The maximum atomic E-state index is 4.56. The van der Waals surface area contributed by atoms with E-state index in [2.05, 4.69) is 29.3 Å². The summed E-state index contributed by atoms with van der Waals surface area (Å²) in [6.45, 7) is 5.08. The Morgan fingerprint density at radius 1 is 1.62 bits per heavy atom. The van der Waals surface area contributed by atoms with Crippen LogP contribution in [0.15, 0.2) is 17.3 Å². The fourth-order valence-corrected chi connectivity index (χ4v) is 2.89. The van der Waals surface area contributed by atoms with Gasteiger partial charge in [0.25, 0.3) is 0 Å². The van der Waals surface area contributed by atoms with Crippen molar-refractivity contribution in [3.05, 3.63) is 18.0 Å². The number of rotatable bonds is 2. The number of aliphatic imine (C=N–C) groups is 1. The van der Waals surface area contributed by atoms with Gasteiger partial charge in [0.1, 0.15) is 0 Å². The average molecular weight is 238 g/mol. The summed E-state index contributed by atoms with van der Waals surface area (Å²) in [5.41, 5.74) is 1.19. The van der Waals surface area contributed by atoms with E-state index in [-0.39, 0.29) is 5.54 Å². The molecule has 0 aliphatic carbocycles. The zero-order valence-corrected chi connectivity index (χ0v) is 10.8. The predicted octanol–water partition coefficient (Wildman–Crippen LogP) is 1.78. The van der Waals surface area contributed by atoms with Gasteiger partial charge in [0, 0.05) is 24.5 Å². The lowest BCUT2D eigenvalue weighted by Gasteiger charge is -2.32. The first kappa shape index (κ1) is 11.5. The molecular weight excluding hydrogens is 220 g/mol. The number of nitrogens with one attached hydrogen (secondary N) is 1. The molecule has 88 valence electrons. The van der Waals surface area contributed by atoms with Gasteiger partial charge in [0.2, 0.25) is 0 Å². The Morgan fingerprint density at radius 3 is 3.06 bits per heavy atom. The van der Waals surface area contributed by atoms with Crippen LogP contribution in [0.4, 0.5) is 0 Å². The Morgan fingerprint density at radius 2 is 2.44 bits per heavy atom. The Labute approximate surface area is 101 Å². The molecule has 1 aromatic heterocycles. The summed E-state index contributed by atoms with van der Waals surface area (Å²) in [5, 5.41) is 8.80. The van der Waals surface area contributed by atoms with Crippen molar-refractivity contribution in [2.24, 2.45) is 12.0 Å². The first-order valence-corrected chi connectivity index (χ1v) is 6.48. The molecule has 0 amide bonds. The van der Waals surface area contributed by atoms with Crippen LogP contribution >= 0.6 is 11.8 Å². The van der Waals surface area contributed by atoms with Gasteiger partial charge < -0.3 is 5.32 Å². The minimum absolute atomic E-state index is 0.175. The highest BCUT2D eigenvalue weighted by atomic mass is 32.2. The fourth-order valence-electron chi connectivity index (χ4n) is 1.58. The molecule has 4 nitrogen and oxygen atoms in total. The molecule has 0 aromatic carbocycles. The number of hydrogen-bond donors (Lipinski definition) is 1. The van der Waals surface area contributed by atoms with Crippen LogP contribution in [-0.4, -0.2) is 26.2 Å². The summed E-state index contributed by atoms with van der Waals surface area (Å²) in [6.07, 6.45) is 3.13. The molecule has 5 heteroatoms. The zero-order chi connectivity index (χ0) is 11.6. The Balaban J connectivity index is 1.97. The van der Waals surface area contributed by atoms with E-state index in [0.717, 1.165) is 16.6 Å². The molecule has 1 aliphatic heterocycles. The van der Waals surface area contributed by atoms with Gasteiger partial charge in [-0.05, 0) is 26.3 Å². The zero-order valence-electron chi connectivity index (χ0n) is 10.0. The molecule has 1 aromatic rings. The SMILES string of the molecule is Cn1ccc(CN=C2NC(C)(C)CCS2)n1. The summed E-state index contributed by atoms with van der Waals surface area (Å²) in [7, 11) is 1.92. The maximum absolute atomic E-state index is 4.56. The second-order valence-corrected chi connectivity index (χ2v) is 5.79. The van der Waals surface area contributed by atoms with Crippen molar-refractivity contribution in [1.29, 1.82) is 0 Å². The van der Waals surface area contributed by atoms with Gasteiger partial charge in [-0.3, -0.25) is 9.67 Å². The molecule has 1 aliphatic rings. The van der Waals surface area contributed by atoms with E-state index in [1.807, 2.05) is 19.3 Å². The van der Waals surface area contributed by atoms with Crippen LogP contribution in [0.3, 0.4) is 0 Å². The second kappa shape index (κ2) is 4.49. The molecule has 0 unspecified atom stereocenters. The van der Waals surface area contributed by atoms with E-state index < -0.39 is 0 Å². The number of aryl methyl sites for hydroxylation is 1. The molecule has 2 rings (SSSR count). The van der Waals surface area contributed by atoms with Crippen LogP contribution in [0.5, 0.6) is 0 Å². The third-order valence-electron chi connectivity index (χ3n) is 2.56. The maximum Gasteiger partial charge on any atom is 0.157 e. The predicted molar refractivity (Wildman–Crippen MR) is 68.6 cm³/mol. The molecule has 0 radical (unpaired) electrons. The van der Waals surface area contributed by atoms with E-state index >= 15 is 0 Å². The van der Waals surface area contributed by atoms with Gasteiger partial charge in [-0.2, -0.15) is 5.10 Å². The molecule has 0 spiro atoms. The minimum Gasteiger partial charge on any atom is -0.360 e. The largest absolute Gasteiger partial charge is 0.360 e. The lowest BCUT2D eigenvalue weighted by Crippen LogP contribution is -2.46. The van der Waals surface area contributed by atoms with Gasteiger partial charge in [0.15, 0.2) is 5.17 Å². The van der Waals surface area contributed by atoms with Crippen molar-refractivity contribution in [3.8, 4) is 0 Å². The highest BCUT2D eigenvalue weighted by molar-refractivity contribution is 8.13. The van der Waals surface area contributed by atoms with Crippen LogP contribution in [0.25, 0.3) is 0 Å². The summed E-state index contributed by atoms with van der Waals surface area (Å²) in [6, 6.07) is 2.00. The molecule has 0 bridgehead atoms. The normalized spacial score (nSPS) is 22.1. The van der Waals surface area contributed by atoms with Gasteiger partial charge in [0.05, 0.1) is 12.2 Å². The van der Waals surface area contributed by atoms with Gasteiger partial charge in [-0.15, -0.1) is 0 Å². The summed E-state index contributed by atoms with van der Waals surface area (Å²) in [4.78, 5) is 4.56. The quantitative estimate of drug-likeness (QED) is 0.854.